The van der Waals surface area contributed by atoms with E-state index in [1.54, 1.807) is 18.1 Å². The van der Waals surface area contributed by atoms with Crippen molar-refractivity contribution in [2.75, 3.05) is 13.7 Å². The first-order chi connectivity index (χ1) is 13.7. The summed E-state index contributed by atoms with van der Waals surface area (Å²) in [6, 6.07) is 19.8. The Labute approximate surface area is 173 Å². The maximum atomic E-state index is 12.8. The van der Waals surface area contributed by atoms with Gasteiger partial charge >= 0.3 is 0 Å². The van der Waals surface area contributed by atoms with Crippen LogP contribution in [-0.4, -0.2) is 33.8 Å². The van der Waals surface area contributed by atoms with E-state index < -0.39 is 0 Å². The number of carbonyl (C=O) groups is 1. The number of ether oxygens (including phenoxy) is 1. The summed E-state index contributed by atoms with van der Waals surface area (Å²) in [7, 11) is 1.63. The molecule has 1 aliphatic heterocycles. The molecule has 1 aliphatic rings. The molecule has 140 valence electrons. The topological polar surface area (TPSA) is 42.4 Å². The van der Waals surface area contributed by atoms with Crippen LogP contribution < -0.4 is 4.74 Å². The van der Waals surface area contributed by atoms with Crippen molar-refractivity contribution in [1.29, 1.82) is 0 Å². The molecule has 0 radical (unpaired) electrons. The predicted molar refractivity (Wildman–Crippen MR) is 118 cm³/mol. The van der Waals surface area contributed by atoms with Crippen molar-refractivity contribution >= 4 is 51.2 Å². The number of para-hydroxylation sites is 1. The standard InChI is InChI=1S/C22H18N2O2S2/c1-26-18-9-5-8-16-10-11-17(23-20(16)18)14-19-21(25)24(22(27)28-19)13-12-15-6-3-2-4-7-15/h2-11,14H,12-13H2,1H3. The third kappa shape index (κ3) is 3.79. The minimum atomic E-state index is -0.0622. The van der Waals surface area contributed by atoms with Crippen molar-refractivity contribution in [2.45, 2.75) is 6.42 Å². The number of thiocarbonyl (C=S) groups is 1. The molecule has 2 heterocycles. The van der Waals surface area contributed by atoms with Gasteiger partial charge in [-0.1, -0.05) is 72.5 Å². The van der Waals surface area contributed by atoms with Crippen molar-refractivity contribution in [1.82, 2.24) is 9.88 Å². The van der Waals surface area contributed by atoms with Crippen LogP contribution in [-0.2, 0) is 11.2 Å². The highest BCUT2D eigenvalue weighted by atomic mass is 32.2. The average Bonchev–Trinajstić information content (AvgIpc) is 2.99. The molecule has 28 heavy (non-hydrogen) atoms. The number of pyridine rings is 1. The summed E-state index contributed by atoms with van der Waals surface area (Å²) < 4.78 is 5.99. The number of nitrogens with zero attached hydrogens (tertiary/aromatic N) is 2. The first kappa shape index (κ1) is 18.7. The minimum absolute atomic E-state index is 0.0622. The van der Waals surface area contributed by atoms with Gasteiger partial charge in [0.1, 0.15) is 15.6 Å². The van der Waals surface area contributed by atoms with Gasteiger partial charge in [0.15, 0.2) is 0 Å². The molecule has 0 bridgehead atoms. The zero-order valence-electron chi connectivity index (χ0n) is 15.3. The fourth-order valence-corrected chi connectivity index (χ4v) is 4.39. The third-order valence-corrected chi connectivity index (χ3v) is 5.92. The average molecular weight is 407 g/mol. The number of amides is 1. The molecule has 1 saturated heterocycles. The number of thioether (sulfide) groups is 1. The Morgan fingerprint density at radius 3 is 2.71 bits per heavy atom. The van der Waals surface area contributed by atoms with Gasteiger partial charge in [0, 0.05) is 11.9 Å². The summed E-state index contributed by atoms with van der Waals surface area (Å²) in [4.78, 5) is 19.7. The molecule has 1 amide bonds. The molecular formula is C22H18N2O2S2. The number of benzene rings is 2. The van der Waals surface area contributed by atoms with Gasteiger partial charge in [-0.3, -0.25) is 9.69 Å². The molecule has 0 aliphatic carbocycles. The highest BCUT2D eigenvalue weighted by Gasteiger charge is 2.31. The zero-order valence-corrected chi connectivity index (χ0v) is 16.9. The van der Waals surface area contributed by atoms with Crippen LogP contribution in [0.5, 0.6) is 5.75 Å². The Morgan fingerprint density at radius 1 is 1.11 bits per heavy atom. The van der Waals surface area contributed by atoms with E-state index in [9.17, 15) is 4.79 Å². The van der Waals surface area contributed by atoms with Crippen LogP contribution in [0.1, 0.15) is 11.3 Å². The number of carbonyl (C=O) groups excluding carboxylic acids is 1. The second-order valence-electron chi connectivity index (χ2n) is 6.34. The molecule has 3 aromatic rings. The number of hydrogen-bond acceptors (Lipinski definition) is 5. The van der Waals surface area contributed by atoms with E-state index in [1.165, 1.54) is 17.3 Å². The molecule has 4 rings (SSSR count). The van der Waals surface area contributed by atoms with Gasteiger partial charge < -0.3 is 4.74 Å². The first-order valence-corrected chi connectivity index (χ1v) is 10.1. The number of methoxy groups -OCH3 is 1. The van der Waals surface area contributed by atoms with Gasteiger partial charge in [-0.05, 0) is 30.2 Å². The van der Waals surface area contributed by atoms with Gasteiger partial charge in [-0.2, -0.15) is 0 Å². The zero-order chi connectivity index (χ0) is 19.5. The Balaban J connectivity index is 1.56. The van der Waals surface area contributed by atoms with Crippen molar-refractivity contribution in [3.63, 3.8) is 0 Å². The molecule has 0 unspecified atom stereocenters. The monoisotopic (exact) mass is 406 g/mol. The fourth-order valence-electron chi connectivity index (χ4n) is 3.09. The molecule has 0 N–H and O–H groups in total. The van der Waals surface area contributed by atoms with E-state index in [0.29, 0.717) is 27.2 Å². The van der Waals surface area contributed by atoms with Crippen molar-refractivity contribution in [3.8, 4) is 5.75 Å². The number of fused-ring (bicyclic) bond motifs is 1. The lowest BCUT2D eigenvalue weighted by Gasteiger charge is -2.14. The van der Waals surface area contributed by atoms with Crippen molar-refractivity contribution < 1.29 is 9.53 Å². The molecule has 1 fully saturated rings. The van der Waals surface area contributed by atoms with E-state index in [2.05, 4.69) is 17.1 Å². The molecule has 0 spiro atoms. The van der Waals surface area contributed by atoms with Crippen LogP contribution in [0.2, 0.25) is 0 Å². The number of aromatic nitrogens is 1. The maximum Gasteiger partial charge on any atom is 0.266 e. The van der Waals surface area contributed by atoms with Crippen LogP contribution in [0.25, 0.3) is 17.0 Å². The SMILES string of the molecule is COc1cccc2ccc(C=C3SC(=S)N(CCc4ccccc4)C3=O)nc12. The lowest BCUT2D eigenvalue weighted by molar-refractivity contribution is -0.122. The molecule has 1 aromatic heterocycles. The Kier molecular flexibility index (Phi) is 5.41. The van der Waals surface area contributed by atoms with E-state index in [0.717, 1.165) is 17.3 Å². The summed E-state index contributed by atoms with van der Waals surface area (Å²) in [5.74, 6) is 0.649. The summed E-state index contributed by atoms with van der Waals surface area (Å²) >= 11 is 6.75. The fraction of sp³-hybridized carbons (Fsp3) is 0.136. The molecule has 0 saturated carbocycles. The molecular weight excluding hydrogens is 388 g/mol. The summed E-state index contributed by atoms with van der Waals surface area (Å²) in [5, 5.41) is 0.993. The normalized spacial score (nSPS) is 15.6. The largest absolute Gasteiger partial charge is 0.494 e. The third-order valence-electron chi connectivity index (χ3n) is 4.54. The minimum Gasteiger partial charge on any atom is -0.494 e. The second-order valence-corrected chi connectivity index (χ2v) is 8.01. The summed E-state index contributed by atoms with van der Waals surface area (Å²) in [6.07, 6.45) is 2.57. The predicted octanol–water partition coefficient (Wildman–Crippen LogP) is 4.69. The maximum absolute atomic E-state index is 12.8. The lowest BCUT2D eigenvalue weighted by Crippen LogP contribution is -2.30. The van der Waals surface area contributed by atoms with Gasteiger partial charge in [-0.25, -0.2) is 4.98 Å². The van der Waals surface area contributed by atoms with Gasteiger partial charge in [0.2, 0.25) is 0 Å². The molecule has 4 nitrogen and oxygen atoms in total. The van der Waals surface area contributed by atoms with Crippen molar-refractivity contribution in [2.24, 2.45) is 0 Å². The van der Waals surface area contributed by atoms with Crippen LogP contribution in [0.15, 0.2) is 65.6 Å². The summed E-state index contributed by atoms with van der Waals surface area (Å²) in [5.41, 5.74) is 2.67. The van der Waals surface area contributed by atoms with Crippen LogP contribution in [0.3, 0.4) is 0 Å². The highest BCUT2D eigenvalue weighted by molar-refractivity contribution is 8.26. The number of hydrogen-bond donors (Lipinski definition) is 0. The first-order valence-electron chi connectivity index (χ1n) is 8.89. The lowest BCUT2D eigenvalue weighted by atomic mass is 10.1. The van der Waals surface area contributed by atoms with Gasteiger partial charge in [-0.15, -0.1) is 0 Å². The van der Waals surface area contributed by atoms with Crippen LogP contribution >= 0.6 is 24.0 Å². The van der Waals surface area contributed by atoms with Crippen molar-refractivity contribution in [3.05, 3.63) is 76.8 Å². The van der Waals surface area contributed by atoms with Gasteiger partial charge in [0.25, 0.3) is 5.91 Å². The van der Waals surface area contributed by atoms with E-state index in [-0.39, 0.29) is 5.91 Å². The molecule has 2 aromatic carbocycles. The van der Waals surface area contributed by atoms with Crippen LogP contribution in [0, 0.1) is 0 Å². The summed E-state index contributed by atoms with van der Waals surface area (Å²) in [6.45, 7) is 0.574. The van der Waals surface area contributed by atoms with E-state index in [4.69, 9.17) is 17.0 Å². The number of rotatable bonds is 5. The smallest absolute Gasteiger partial charge is 0.266 e. The Bertz CT molecular complexity index is 1080. The van der Waals surface area contributed by atoms with Gasteiger partial charge in [0.05, 0.1) is 17.7 Å². The van der Waals surface area contributed by atoms with E-state index in [1.807, 2.05) is 48.5 Å². The van der Waals surface area contributed by atoms with Crippen LogP contribution in [0.4, 0.5) is 0 Å². The Hall–Kier alpha value is -2.70. The highest BCUT2D eigenvalue weighted by Crippen LogP contribution is 2.33. The molecule has 0 atom stereocenters. The molecule has 6 heteroatoms. The van der Waals surface area contributed by atoms with E-state index >= 15 is 0 Å². The quantitative estimate of drug-likeness (QED) is 0.454. The second kappa shape index (κ2) is 8.12. The Morgan fingerprint density at radius 2 is 1.93 bits per heavy atom.